The minimum atomic E-state index is 1.07. The van der Waals surface area contributed by atoms with Crippen molar-refractivity contribution in [2.45, 2.75) is 0 Å². The Morgan fingerprint density at radius 3 is 1.56 bits per heavy atom. The fraction of sp³-hybridized carbons (Fsp3) is 0. The van der Waals surface area contributed by atoms with E-state index >= 15 is 0 Å². The molecule has 0 atom stereocenters. The zero-order chi connectivity index (χ0) is 11.1. The minimum Gasteiger partial charge on any atom is -0.352 e. The Balaban J connectivity index is 2.10. The van der Waals surface area contributed by atoms with Crippen LogP contribution in [0.5, 0.6) is 0 Å². The van der Waals surface area contributed by atoms with E-state index in [0.29, 0.717) is 0 Å². The maximum absolute atomic E-state index is 3.47. The summed E-state index contributed by atoms with van der Waals surface area (Å²) in [6, 6.07) is 12.3. The molecule has 1 aliphatic heterocycles. The molecule has 3 rings (SSSR count). The second kappa shape index (κ2) is 3.79. The third-order valence-electron chi connectivity index (χ3n) is 2.50. The van der Waals surface area contributed by atoms with Gasteiger partial charge in [0.2, 0.25) is 0 Å². The molecular formula is C12H8Br2N2. The molecular weight excluding hydrogens is 332 g/mol. The van der Waals surface area contributed by atoms with Crippen LogP contribution >= 0.6 is 31.9 Å². The topological polar surface area (TPSA) is 24.1 Å². The van der Waals surface area contributed by atoms with Gasteiger partial charge in [0.15, 0.2) is 0 Å². The number of halogens is 2. The summed E-state index contributed by atoms with van der Waals surface area (Å²) in [5.41, 5.74) is 4.36. The van der Waals surface area contributed by atoms with E-state index < -0.39 is 0 Å². The molecule has 1 aliphatic rings. The molecule has 0 amide bonds. The molecule has 1 heterocycles. The van der Waals surface area contributed by atoms with E-state index in [0.717, 1.165) is 31.7 Å². The Morgan fingerprint density at radius 2 is 1.06 bits per heavy atom. The lowest BCUT2D eigenvalue weighted by molar-refractivity contribution is 1.43. The van der Waals surface area contributed by atoms with Crippen molar-refractivity contribution in [2.75, 3.05) is 10.6 Å². The highest BCUT2D eigenvalue weighted by atomic mass is 79.9. The molecule has 2 aromatic carbocycles. The average Bonchev–Trinajstić information content (AvgIpc) is 2.26. The molecule has 2 N–H and O–H groups in total. The van der Waals surface area contributed by atoms with E-state index in [-0.39, 0.29) is 0 Å². The average molecular weight is 340 g/mol. The molecule has 0 aromatic heterocycles. The first-order valence-electron chi connectivity index (χ1n) is 4.85. The molecule has 0 saturated carbocycles. The van der Waals surface area contributed by atoms with Gasteiger partial charge in [-0.25, -0.2) is 0 Å². The summed E-state index contributed by atoms with van der Waals surface area (Å²) in [5.74, 6) is 0. The van der Waals surface area contributed by atoms with Crippen LogP contribution in [0, 0.1) is 0 Å². The fourth-order valence-corrected chi connectivity index (χ4v) is 2.47. The number of benzene rings is 2. The Kier molecular flexibility index (Phi) is 2.41. The zero-order valence-corrected chi connectivity index (χ0v) is 11.4. The second-order valence-corrected chi connectivity index (χ2v) is 5.46. The highest BCUT2D eigenvalue weighted by molar-refractivity contribution is 9.10. The first-order chi connectivity index (χ1) is 7.72. The Labute approximate surface area is 110 Å². The third-order valence-corrected chi connectivity index (χ3v) is 3.49. The van der Waals surface area contributed by atoms with Crippen molar-refractivity contribution in [1.82, 2.24) is 0 Å². The van der Waals surface area contributed by atoms with Gasteiger partial charge in [0.1, 0.15) is 0 Å². The third kappa shape index (κ3) is 1.72. The molecule has 2 nitrogen and oxygen atoms in total. The summed E-state index contributed by atoms with van der Waals surface area (Å²) in [4.78, 5) is 0. The second-order valence-electron chi connectivity index (χ2n) is 3.63. The molecule has 0 bridgehead atoms. The maximum atomic E-state index is 3.47. The van der Waals surface area contributed by atoms with E-state index in [1.165, 1.54) is 0 Å². The van der Waals surface area contributed by atoms with Crippen LogP contribution in [0.1, 0.15) is 0 Å². The molecule has 0 fully saturated rings. The summed E-state index contributed by atoms with van der Waals surface area (Å²) >= 11 is 6.94. The van der Waals surface area contributed by atoms with Crippen molar-refractivity contribution >= 4 is 54.6 Å². The lowest BCUT2D eigenvalue weighted by atomic mass is 10.1. The van der Waals surface area contributed by atoms with Crippen molar-refractivity contribution in [2.24, 2.45) is 0 Å². The van der Waals surface area contributed by atoms with Crippen molar-refractivity contribution in [3.05, 3.63) is 45.3 Å². The molecule has 80 valence electrons. The summed E-state index contributed by atoms with van der Waals surface area (Å²) in [7, 11) is 0. The van der Waals surface area contributed by atoms with E-state index in [9.17, 15) is 0 Å². The van der Waals surface area contributed by atoms with Crippen LogP contribution in [-0.4, -0.2) is 0 Å². The largest absolute Gasteiger partial charge is 0.352 e. The first-order valence-corrected chi connectivity index (χ1v) is 6.44. The van der Waals surface area contributed by atoms with Crippen molar-refractivity contribution in [3.63, 3.8) is 0 Å². The molecule has 0 aliphatic carbocycles. The monoisotopic (exact) mass is 338 g/mol. The SMILES string of the molecule is Brc1ccc2c(c1)Nc1cc(Br)ccc1N2. The molecule has 0 saturated heterocycles. The van der Waals surface area contributed by atoms with Gasteiger partial charge in [-0.1, -0.05) is 31.9 Å². The van der Waals surface area contributed by atoms with Gasteiger partial charge in [0.25, 0.3) is 0 Å². The van der Waals surface area contributed by atoms with Crippen LogP contribution in [-0.2, 0) is 0 Å². The Hall–Kier alpha value is -1.00. The maximum Gasteiger partial charge on any atom is 0.0635 e. The summed E-state index contributed by atoms with van der Waals surface area (Å²) in [6.45, 7) is 0. The van der Waals surface area contributed by atoms with Gasteiger partial charge in [0.05, 0.1) is 22.7 Å². The minimum absolute atomic E-state index is 1.07. The molecule has 16 heavy (non-hydrogen) atoms. The van der Waals surface area contributed by atoms with Crippen molar-refractivity contribution < 1.29 is 0 Å². The van der Waals surface area contributed by atoms with Crippen LogP contribution in [0.2, 0.25) is 0 Å². The lowest BCUT2D eigenvalue weighted by Gasteiger charge is -2.23. The van der Waals surface area contributed by atoms with Gasteiger partial charge in [0, 0.05) is 8.95 Å². The smallest absolute Gasteiger partial charge is 0.0635 e. The summed E-state index contributed by atoms with van der Waals surface area (Å²) in [6.07, 6.45) is 0. The Bertz CT molecular complexity index is 517. The number of nitrogens with one attached hydrogen (secondary N) is 2. The highest BCUT2D eigenvalue weighted by Gasteiger charge is 2.13. The van der Waals surface area contributed by atoms with Gasteiger partial charge < -0.3 is 10.6 Å². The van der Waals surface area contributed by atoms with Gasteiger partial charge in [-0.3, -0.25) is 0 Å². The van der Waals surface area contributed by atoms with Gasteiger partial charge in [-0.15, -0.1) is 0 Å². The van der Waals surface area contributed by atoms with Crippen LogP contribution in [0.4, 0.5) is 22.7 Å². The molecule has 0 radical (unpaired) electrons. The number of rotatable bonds is 0. The number of anilines is 4. The van der Waals surface area contributed by atoms with Crippen LogP contribution in [0.25, 0.3) is 0 Å². The Morgan fingerprint density at radius 1 is 0.625 bits per heavy atom. The summed E-state index contributed by atoms with van der Waals surface area (Å²) in [5, 5.41) is 6.79. The predicted octanol–water partition coefficient (Wildman–Crippen LogP) is 5.01. The zero-order valence-electron chi connectivity index (χ0n) is 8.22. The van der Waals surface area contributed by atoms with Crippen molar-refractivity contribution in [1.29, 1.82) is 0 Å². The van der Waals surface area contributed by atoms with Crippen LogP contribution in [0.3, 0.4) is 0 Å². The van der Waals surface area contributed by atoms with Gasteiger partial charge >= 0.3 is 0 Å². The van der Waals surface area contributed by atoms with Crippen LogP contribution in [0.15, 0.2) is 45.3 Å². The molecule has 0 spiro atoms. The lowest BCUT2D eigenvalue weighted by Crippen LogP contribution is -2.05. The molecule has 4 heteroatoms. The van der Waals surface area contributed by atoms with E-state index in [4.69, 9.17) is 0 Å². The van der Waals surface area contributed by atoms with Gasteiger partial charge in [-0.2, -0.15) is 0 Å². The fourth-order valence-electron chi connectivity index (χ4n) is 1.75. The number of fused-ring (bicyclic) bond motifs is 2. The van der Waals surface area contributed by atoms with E-state index in [2.05, 4.69) is 66.8 Å². The summed E-state index contributed by atoms with van der Waals surface area (Å²) < 4.78 is 2.14. The molecule has 0 unspecified atom stereocenters. The molecule has 2 aromatic rings. The van der Waals surface area contributed by atoms with E-state index in [1.54, 1.807) is 0 Å². The quantitative estimate of drug-likeness (QED) is 0.601. The normalized spacial score (nSPS) is 12.1. The van der Waals surface area contributed by atoms with Crippen molar-refractivity contribution in [3.8, 4) is 0 Å². The van der Waals surface area contributed by atoms with E-state index in [1.807, 2.05) is 12.1 Å². The standard InChI is InChI=1S/C12H8Br2N2/c13-7-1-3-9-11(5-7)16-12-6-8(14)2-4-10(12)15-9/h1-6,15-16H. The van der Waals surface area contributed by atoms with Crippen LogP contribution < -0.4 is 10.6 Å². The number of hydrogen-bond acceptors (Lipinski definition) is 2. The highest BCUT2D eigenvalue weighted by Crippen LogP contribution is 2.40. The van der Waals surface area contributed by atoms with Gasteiger partial charge in [-0.05, 0) is 36.4 Å². The number of hydrogen-bond donors (Lipinski definition) is 2. The predicted molar refractivity (Wildman–Crippen MR) is 74.8 cm³/mol. The first kappa shape index (κ1) is 10.2.